The monoisotopic (exact) mass is 363 g/mol. The first-order valence-corrected chi connectivity index (χ1v) is 0.548. The first kappa shape index (κ1) is 259. The van der Waals surface area contributed by atoms with Crippen LogP contribution in [0.3, 0.4) is 0 Å². The van der Waals surface area contributed by atoms with Crippen LogP contribution in [0.25, 0.3) is 0 Å². The number of nitrogens with zero attached hydrogens (tertiary/aromatic N) is 1. The molecular formula is H18LaNO12-. The molecule has 0 saturated heterocycles. The largest absolute Gasteiger partial charge is 0.412 e. The van der Waals surface area contributed by atoms with Crippen LogP contribution in [-0.4, -0.2) is 54.4 Å². The van der Waals surface area contributed by atoms with Gasteiger partial charge in [0.25, 0.3) is 0 Å². The zero-order valence-corrected chi connectivity index (χ0v) is 10.4. The molecule has 0 aromatic carbocycles. The molecule has 99 valence electrons. The van der Waals surface area contributed by atoms with Gasteiger partial charge in [0.15, 0.2) is 0 Å². The van der Waals surface area contributed by atoms with E-state index in [0.717, 1.165) is 0 Å². The standard InChI is InChI=1S/La.NO3.9H2O/c;2-1(3)4;;;;;;;;;/h;;9*1H2/q;-1;;;;;;;;;. The van der Waals surface area contributed by atoms with Crippen molar-refractivity contribution in [2.24, 2.45) is 0 Å². The quantitative estimate of drug-likeness (QED) is 0.299. The van der Waals surface area contributed by atoms with Gasteiger partial charge in [-0.05, 0) is 0 Å². The van der Waals surface area contributed by atoms with E-state index in [0.29, 0.717) is 0 Å². The van der Waals surface area contributed by atoms with Crippen LogP contribution >= 0.6 is 0 Å². The molecule has 0 aromatic heterocycles. The van der Waals surface area contributed by atoms with E-state index in [1.165, 1.54) is 0 Å². The molecule has 14 heavy (non-hydrogen) atoms. The van der Waals surface area contributed by atoms with Crippen molar-refractivity contribution in [2.75, 3.05) is 0 Å². The van der Waals surface area contributed by atoms with E-state index >= 15 is 0 Å². The van der Waals surface area contributed by atoms with Crippen molar-refractivity contribution in [1.82, 2.24) is 0 Å². The van der Waals surface area contributed by atoms with E-state index in [4.69, 9.17) is 15.3 Å². The Morgan fingerprint density at radius 1 is 0.571 bits per heavy atom. The minimum Gasteiger partial charge on any atom is -0.412 e. The zero-order chi connectivity index (χ0) is 3.58. The van der Waals surface area contributed by atoms with Crippen molar-refractivity contribution in [3.05, 3.63) is 15.3 Å². The molecule has 1 radical (unpaired) electrons. The number of hydrogen-bond acceptors (Lipinski definition) is 3. The van der Waals surface area contributed by atoms with Crippen molar-refractivity contribution in [1.29, 1.82) is 0 Å². The Morgan fingerprint density at radius 2 is 0.571 bits per heavy atom. The molecule has 0 atom stereocenters. The number of rotatable bonds is 0. The molecule has 0 spiro atoms. The maximum Gasteiger partial charge on any atom is 0.0689 e. The van der Waals surface area contributed by atoms with Gasteiger partial charge in [0, 0.05) is 35.6 Å². The van der Waals surface area contributed by atoms with Gasteiger partial charge in [-0.1, -0.05) is 0 Å². The molecule has 0 amide bonds. The smallest absolute Gasteiger partial charge is 0.0689 e. The predicted molar refractivity (Wildman–Crippen MR) is 42.9 cm³/mol. The van der Waals surface area contributed by atoms with Crippen molar-refractivity contribution in [3.8, 4) is 0 Å². The first-order chi connectivity index (χ1) is 1.73. The Labute approximate surface area is 105 Å². The summed E-state index contributed by atoms with van der Waals surface area (Å²) in [5, 5.41) is 14.8. The van der Waals surface area contributed by atoms with E-state index in [-0.39, 0.29) is 84.9 Å². The van der Waals surface area contributed by atoms with Gasteiger partial charge in [-0.3, -0.25) is 0 Å². The van der Waals surface area contributed by atoms with Crippen LogP contribution in [0.1, 0.15) is 0 Å². The van der Waals surface area contributed by atoms with Crippen molar-refractivity contribution >= 4 is 0 Å². The van der Waals surface area contributed by atoms with Gasteiger partial charge in [-0.2, -0.15) is 0 Å². The molecule has 0 aliphatic heterocycles. The molecule has 14 heteroatoms. The van der Waals surface area contributed by atoms with Gasteiger partial charge in [-0.15, -0.1) is 0 Å². The Bertz CT molecular complexity index is 33.3. The van der Waals surface area contributed by atoms with Crippen LogP contribution in [-0.2, 0) is 0 Å². The van der Waals surface area contributed by atoms with Crippen molar-refractivity contribution in [3.63, 3.8) is 0 Å². The van der Waals surface area contributed by atoms with Crippen LogP contribution in [0.5, 0.6) is 0 Å². The fourth-order valence-corrected chi connectivity index (χ4v) is 0. The van der Waals surface area contributed by atoms with Gasteiger partial charge in [0.1, 0.15) is 0 Å². The minimum absolute atomic E-state index is 0. The maximum absolute atomic E-state index is 8.25. The minimum atomic E-state index is -1.75. The molecule has 0 aromatic rings. The van der Waals surface area contributed by atoms with E-state index in [1.807, 2.05) is 0 Å². The number of hydrogen-bond donors (Lipinski definition) is 0. The predicted octanol–water partition coefficient (Wildman–Crippen LogP) is -7.66. The average molecular weight is 363 g/mol. The molecule has 0 bridgehead atoms. The second-order valence-electron chi connectivity index (χ2n) is 0.224. The van der Waals surface area contributed by atoms with E-state index in [9.17, 15) is 0 Å². The van der Waals surface area contributed by atoms with Gasteiger partial charge in [-0.25, -0.2) is 0 Å². The molecule has 18 N–H and O–H groups in total. The van der Waals surface area contributed by atoms with Gasteiger partial charge < -0.3 is 64.6 Å². The molecular weight excluding hydrogens is 345 g/mol. The second-order valence-corrected chi connectivity index (χ2v) is 0.224. The van der Waals surface area contributed by atoms with Crippen molar-refractivity contribution in [2.45, 2.75) is 0 Å². The molecule has 13 nitrogen and oxygen atoms in total. The third kappa shape index (κ3) is 1210000. The molecule has 0 heterocycles. The summed E-state index contributed by atoms with van der Waals surface area (Å²) >= 11 is 0. The summed E-state index contributed by atoms with van der Waals surface area (Å²) in [7, 11) is 0. The van der Waals surface area contributed by atoms with Crippen LogP contribution in [0.15, 0.2) is 0 Å². The van der Waals surface area contributed by atoms with Gasteiger partial charge >= 0.3 is 0 Å². The Hall–Kier alpha value is 0.0348. The van der Waals surface area contributed by atoms with E-state index < -0.39 is 5.09 Å². The Morgan fingerprint density at radius 3 is 0.571 bits per heavy atom. The second kappa shape index (κ2) is 205. The maximum atomic E-state index is 8.25. The average Bonchev–Trinajstić information content (AvgIpc) is 0.811. The molecule has 0 saturated carbocycles. The van der Waals surface area contributed by atoms with Crippen LogP contribution in [0.2, 0.25) is 0 Å². The fraction of sp³-hybridized carbons (Fsp3) is 0. The molecule has 0 aliphatic carbocycles. The summed E-state index contributed by atoms with van der Waals surface area (Å²) in [6.45, 7) is 0. The summed E-state index contributed by atoms with van der Waals surface area (Å²) in [6, 6.07) is 0. The summed E-state index contributed by atoms with van der Waals surface area (Å²) in [5.74, 6) is 0. The SMILES string of the molecule is O.O.O.O.O.O.O.O.O.O=[N+]([O-])[O-].[La]. The van der Waals surface area contributed by atoms with Crippen LogP contribution in [0.4, 0.5) is 0 Å². The third-order valence-electron chi connectivity index (χ3n) is 0. The van der Waals surface area contributed by atoms with Crippen molar-refractivity contribution < 1.29 is 90.0 Å². The molecule has 0 fully saturated rings. The zero-order valence-electron chi connectivity index (χ0n) is 6.75. The third-order valence-corrected chi connectivity index (χ3v) is 0. The van der Waals surface area contributed by atoms with Gasteiger partial charge in [0.2, 0.25) is 0 Å². The normalized spacial score (nSPS) is 1.71. The molecule has 0 aliphatic rings. The molecule has 0 rings (SSSR count). The van der Waals surface area contributed by atoms with E-state index in [1.54, 1.807) is 0 Å². The van der Waals surface area contributed by atoms with Gasteiger partial charge in [0.05, 0.1) is 5.09 Å². The summed E-state index contributed by atoms with van der Waals surface area (Å²) < 4.78 is 0. The summed E-state index contributed by atoms with van der Waals surface area (Å²) in [4.78, 5) is 8.25. The fourth-order valence-electron chi connectivity index (χ4n) is 0. The van der Waals surface area contributed by atoms with E-state index in [2.05, 4.69) is 0 Å². The van der Waals surface area contributed by atoms with Crippen LogP contribution in [0, 0.1) is 50.9 Å². The Balaban J connectivity index is -0.000000001000. The summed E-state index contributed by atoms with van der Waals surface area (Å²) in [6.07, 6.45) is 0. The Kier molecular flexibility index (Phi) is 3790. The first-order valence-electron chi connectivity index (χ1n) is 0.548. The topological polar surface area (TPSA) is 350 Å². The van der Waals surface area contributed by atoms with Crippen LogP contribution < -0.4 is 0 Å². The molecule has 0 unspecified atom stereocenters. The summed E-state index contributed by atoms with van der Waals surface area (Å²) in [5.41, 5.74) is 0.